The molecule has 0 unspecified atom stereocenters. The van der Waals surface area contributed by atoms with Crippen molar-refractivity contribution in [3.05, 3.63) is 100 Å². The number of nitrogens with zero attached hydrogens (tertiary/aromatic N) is 2. The molecule has 0 spiro atoms. The number of thiophene rings is 1. The quantitative estimate of drug-likeness (QED) is 0.509. The fourth-order valence-electron chi connectivity index (χ4n) is 4.18. The van der Waals surface area contributed by atoms with Crippen molar-refractivity contribution in [3.63, 3.8) is 0 Å². The van der Waals surface area contributed by atoms with Crippen molar-refractivity contribution >= 4 is 28.2 Å². The van der Waals surface area contributed by atoms with E-state index in [2.05, 4.69) is 22.9 Å². The van der Waals surface area contributed by atoms with Crippen molar-refractivity contribution in [2.75, 3.05) is 4.90 Å². The molecule has 5 rings (SSSR count). The molecule has 5 nitrogen and oxygen atoms in total. The molecule has 0 saturated carbocycles. The summed E-state index contributed by atoms with van der Waals surface area (Å²) in [7, 11) is 0. The van der Waals surface area contributed by atoms with Crippen LogP contribution in [0.3, 0.4) is 0 Å². The Morgan fingerprint density at radius 3 is 2.55 bits per heavy atom. The van der Waals surface area contributed by atoms with Gasteiger partial charge in [0.1, 0.15) is 5.00 Å². The van der Waals surface area contributed by atoms with Gasteiger partial charge in [0.15, 0.2) is 0 Å². The molecule has 1 aliphatic rings. The second kappa shape index (κ2) is 7.56. The summed E-state index contributed by atoms with van der Waals surface area (Å²) in [6.07, 6.45) is 2.06. The number of aromatic nitrogens is 1. The molecule has 31 heavy (non-hydrogen) atoms. The Balaban J connectivity index is 1.48. The number of primary amides is 1. The van der Waals surface area contributed by atoms with Crippen LogP contribution in [0.15, 0.2) is 72.2 Å². The van der Waals surface area contributed by atoms with Crippen LogP contribution in [0.25, 0.3) is 11.1 Å². The first-order valence-electron chi connectivity index (χ1n) is 10.0. The third-order valence-electron chi connectivity index (χ3n) is 5.84. The zero-order valence-electron chi connectivity index (χ0n) is 17.0. The topological polar surface area (TPSA) is 68.3 Å². The number of benzene rings is 2. The van der Waals surface area contributed by atoms with Crippen molar-refractivity contribution < 1.29 is 9.59 Å². The highest BCUT2D eigenvalue weighted by atomic mass is 32.1. The maximum absolute atomic E-state index is 13.5. The molecular weight excluding hydrogens is 406 g/mol. The number of fused-ring (bicyclic) bond motifs is 2. The molecular formula is C25H21N3O2S. The van der Waals surface area contributed by atoms with Gasteiger partial charge in [0.25, 0.3) is 5.91 Å². The van der Waals surface area contributed by atoms with E-state index in [0.717, 1.165) is 39.5 Å². The van der Waals surface area contributed by atoms with Crippen molar-refractivity contribution in [2.45, 2.75) is 20.0 Å². The molecule has 0 aliphatic carbocycles. The van der Waals surface area contributed by atoms with Gasteiger partial charge in [0, 0.05) is 28.6 Å². The van der Waals surface area contributed by atoms with Crippen molar-refractivity contribution in [2.24, 2.45) is 5.73 Å². The van der Waals surface area contributed by atoms with E-state index in [1.54, 1.807) is 17.4 Å². The predicted molar refractivity (Wildman–Crippen MR) is 123 cm³/mol. The number of hydrogen-bond donors (Lipinski definition) is 1. The van der Waals surface area contributed by atoms with E-state index in [1.807, 2.05) is 59.7 Å². The second-order valence-corrected chi connectivity index (χ2v) is 8.58. The SMILES string of the molecule is Cc1c(C(N)=O)cccc1-c1ccc(C(=O)N2Cc3cccn3Cc3ccsc32)cc1. The van der Waals surface area contributed by atoms with E-state index in [1.165, 1.54) is 0 Å². The highest BCUT2D eigenvalue weighted by Crippen LogP contribution is 2.34. The molecule has 154 valence electrons. The summed E-state index contributed by atoms with van der Waals surface area (Å²) in [6.45, 7) is 3.21. The van der Waals surface area contributed by atoms with Gasteiger partial charge in [-0.1, -0.05) is 24.3 Å². The Morgan fingerprint density at radius 2 is 1.77 bits per heavy atom. The lowest BCUT2D eigenvalue weighted by molar-refractivity contribution is 0.0982. The fourth-order valence-corrected chi connectivity index (χ4v) is 5.10. The Bertz CT molecular complexity index is 1300. The zero-order valence-corrected chi connectivity index (χ0v) is 17.9. The molecule has 6 heteroatoms. The third kappa shape index (κ3) is 3.35. The highest BCUT2D eigenvalue weighted by molar-refractivity contribution is 7.14. The number of carbonyl (C=O) groups is 2. The molecule has 0 saturated heterocycles. The van der Waals surface area contributed by atoms with Gasteiger partial charge < -0.3 is 10.3 Å². The monoisotopic (exact) mass is 427 g/mol. The summed E-state index contributed by atoms with van der Waals surface area (Å²) in [5.74, 6) is -0.462. The van der Waals surface area contributed by atoms with E-state index in [0.29, 0.717) is 17.7 Å². The van der Waals surface area contributed by atoms with Gasteiger partial charge in [-0.05, 0) is 65.4 Å². The minimum atomic E-state index is -0.441. The first-order chi connectivity index (χ1) is 15.0. The number of rotatable bonds is 3. The molecule has 0 fully saturated rings. The second-order valence-electron chi connectivity index (χ2n) is 7.69. The summed E-state index contributed by atoms with van der Waals surface area (Å²) in [4.78, 5) is 27.0. The van der Waals surface area contributed by atoms with Crippen LogP contribution in [0, 0.1) is 6.92 Å². The molecule has 2 amide bonds. The Kier molecular flexibility index (Phi) is 4.71. The largest absolute Gasteiger partial charge is 0.366 e. The number of hydrogen-bond acceptors (Lipinski definition) is 3. The molecule has 4 aromatic rings. The van der Waals surface area contributed by atoms with Gasteiger partial charge in [0.05, 0.1) is 13.1 Å². The maximum atomic E-state index is 13.5. The third-order valence-corrected chi connectivity index (χ3v) is 6.82. The average Bonchev–Trinajstić information content (AvgIpc) is 3.39. The van der Waals surface area contributed by atoms with Crippen LogP contribution in [0.4, 0.5) is 5.00 Å². The molecule has 0 bridgehead atoms. The lowest BCUT2D eigenvalue weighted by Crippen LogP contribution is -2.29. The van der Waals surface area contributed by atoms with Crippen LogP contribution in [0.5, 0.6) is 0 Å². The number of carbonyl (C=O) groups excluding carboxylic acids is 2. The maximum Gasteiger partial charge on any atom is 0.259 e. The molecule has 0 atom stereocenters. The van der Waals surface area contributed by atoms with Gasteiger partial charge in [-0.15, -0.1) is 11.3 Å². The van der Waals surface area contributed by atoms with Crippen molar-refractivity contribution in [1.82, 2.24) is 4.57 Å². The average molecular weight is 428 g/mol. The molecule has 2 aromatic heterocycles. The highest BCUT2D eigenvalue weighted by Gasteiger charge is 2.26. The molecule has 3 heterocycles. The summed E-state index contributed by atoms with van der Waals surface area (Å²) in [6, 6.07) is 19.2. The van der Waals surface area contributed by atoms with E-state index < -0.39 is 5.91 Å². The Labute approximate surface area is 184 Å². The van der Waals surface area contributed by atoms with E-state index in [-0.39, 0.29) is 5.91 Å². The summed E-state index contributed by atoms with van der Waals surface area (Å²) in [5, 5.41) is 3.04. The molecule has 0 radical (unpaired) electrons. The Morgan fingerprint density at radius 1 is 0.968 bits per heavy atom. The first-order valence-corrected chi connectivity index (χ1v) is 10.9. The lowest BCUT2D eigenvalue weighted by Gasteiger charge is -2.21. The normalized spacial score (nSPS) is 12.7. The van der Waals surface area contributed by atoms with Crippen molar-refractivity contribution in [1.29, 1.82) is 0 Å². The lowest BCUT2D eigenvalue weighted by atomic mass is 9.95. The van der Waals surface area contributed by atoms with Gasteiger partial charge in [0.2, 0.25) is 5.91 Å². The molecule has 1 aliphatic heterocycles. The van der Waals surface area contributed by atoms with Gasteiger partial charge in [-0.2, -0.15) is 0 Å². The van der Waals surface area contributed by atoms with Gasteiger partial charge >= 0.3 is 0 Å². The van der Waals surface area contributed by atoms with Gasteiger partial charge in [-0.25, -0.2) is 0 Å². The smallest absolute Gasteiger partial charge is 0.259 e. The molecule has 2 aromatic carbocycles. The number of anilines is 1. The summed E-state index contributed by atoms with van der Waals surface area (Å²) >= 11 is 1.60. The van der Waals surface area contributed by atoms with Crippen LogP contribution >= 0.6 is 11.3 Å². The van der Waals surface area contributed by atoms with E-state index in [4.69, 9.17) is 5.73 Å². The fraction of sp³-hybridized carbons (Fsp3) is 0.120. The molecule has 2 N–H and O–H groups in total. The van der Waals surface area contributed by atoms with Crippen LogP contribution in [0.1, 0.15) is 37.5 Å². The first kappa shape index (κ1) is 19.3. The van der Waals surface area contributed by atoms with E-state index >= 15 is 0 Å². The van der Waals surface area contributed by atoms with Crippen LogP contribution in [-0.2, 0) is 13.1 Å². The van der Waals surface area contributed by atoms with Crippen LogP contribution < -0.4 is 10.6 Å². The Hall–Kier alpha value is -3.64. The minimum absolute atomic E-state index is 0.0208. The number of amides is 2. The van der Waals surface area contributed by atoms with Gasteiger partial charge in [-0.3, -0.25) is 14.5 Å². The summed E-state index contributed by atoms with van der Waals surface area (Å²) in [5.41, 5.74) is 11.6. The number of nitrogens with two attached hydrogens (primary N) is 1. The minimum Gasteiger partial charge on any atom is -0.366 e. The standard InChI is InChI=1S/C25H21N3O2S/c1-16-21(5-2-6-22(16)23(26)29)17-7-9-18(10-8-17)24(30)28-15-20-4-3-12-27(20)14-19-11-13-31-25(19)28/h2-13H,14-15H2,1H3,(H2,26,29). The predicted octanol–water partition coefficient (Wildman–Crippen LogP) is 4.83. The van der Waals surface area contributed by atoms with E-state index in [9.17, 15) is 9.59 Å². The van der Waals surface area contributed by atoms with Crippen LogP contribution in [-0.4, -0.2) is 16.4 Å². The zero-order chi connectivity index (χ0) is 21.5. The van der Waals surface area contributed by atoms with Crippen molar-refractivity contribution in [3.8, 4) is 11.1 Å². The van der Waals surface area contributed by atoms with Crippen LogP contribution in [0.2, 0.25) is 0 Å². The summed E-state index contributed by atoms with van der Waals surface area (Å²) < 4.78 is 2.19.